The van der Waals surface area contributed by atoms with Gasteiger partial charge in [0.15, 0.2) is 5.76 Å². The monoisotopic (exact) mass is 368 g/mol. The van der Waals surface area contributed by atoms with Gasteiger partial charge in [0.25, 0.3) is 0 Å². The Balaban J connectivity index is 3.87. The number of hydrogen-bond acceptors (Lipinski definition) is 5. The molecular weight excluding hydrogens is 336 g/mol. The molecule has 1 atom stereocenters. The van der Waals surface area contributed by atoms with Gasteiger partial charge in [0, 0.05) is 6.08 Å². The number of rotatable bonds is 16. The molecule has 0 aromatic rings. The predicted octanol–water partition coefficient (Wildman–Crippen LogP) is 5.50. The van der Waals surface area contributed by atoms with Crippen LogP contribution in [0.1, 0.15) is 64.7 Å². The van der Waals surface area contributed by atoms with Gasteiger partial charge in [0.05, 0.1) is 6.10 Å². The van der Waals surface area contributed by atoms with Crippen LogP contribution in [0.5, 0.6) is 0 Å². The van der Waals surface area contributed by atoms with Crippen molar-refractivity contribution in [1.29, 1.82) is 0 Å². The van der Waals surface area contributed by atoms with Crippen molar-refractivity contribution < 1.29 is 30.2 Å². The minimum atomic E-state index is -1.07. The molecule has 0 aromatic carbocycles. The third-order valence-corrected chi connectivity index (χ3v) is 3.79. The van der Waals surface area contributed by atoms with Crippen molar-refractivity contribution in [2.45, 2.75) is 70.8 Å². The van der Waals surface area contributed by atoms with E-state index in [1.165, 1.54) is 31.1 Å². The second-order valence-electron chi connectivity index (χ2n) is 6.01. The smallest absolute Gasteiger partial charge is 0.328 e. The molecule has 0 rings (SSSR count). The van der Waals surface area contributed by atoms with Gasteiger partial charge in [-0.25, -0.2) is 14.9 Å². The summed E-state index contributed by atoms with van der Waals surface area (Å²) >= 11 is 0. The second kappa shape index (κ2) is 17.9. The molecule has 0 aliphatic rings. The Labute approximate surface area is 156 Å². The minimum Gasteiger partial charge on any atom is -0.478 e. The fourth-order valence-electron chi connectivity index (χ4n) is 2.35. The fraction of sp³-hybridized carbons (Fsp3) is 0.550. The van der Waals surface area contributed by atoms with E-state index in [0.717, 1.165) is 51.0 Å². The molecule has 3 N–H and O–H groups in total. The zero-order valence-electron chi connectivity index (χ0n) is 15.5. The van der Waals surface area contributed by atoms with E-state index >= 15 is 0 Å². The highest BCUT2D eigenvalue weighted by Crippen LogP contribution is 2.14. The largest absolute Gasteiger partial charge is 0.478 e. The lowest BCUT2D eigenvalue weighted by Gasteiger charge is -2.12. The number of carboxylic acid groups (broad SMARTS) is 1. The molecule has 26 heavy (non-hydrogen) atoms. The SMILES string of the molecule is CCCCCC(CCCCCC=CC=CC(=CC=CC(=O)O)OO)OO. The first-order chi connectivity index (χ1) is 12.6. The summed E-state index contributed by atoms with van der Waals surface area (Å²) in [6, 6.07) is 0. The number of carbonyl (C=O) groups is 1. The van der Waals surface area contributed by atoms with Crippen molar-refractivity contribution in [3.8, 4) is 0 Å². The van der Waals surface area contributed by atoms with Crippen molar-refractivity contribution in [3.63, 3.8) is 0 Å². The first-order valence-electron chi connectivity index (χ1n) is 9.20. The van der Waals surface area contributed by atoms with Crippen LogP contribution >= 0.6 is 0 Å². The summed E-state index contributed by atoms with van der Waals surface area (Å²) < 4.78 is 0. The van der Waals surface area contributed by atoms with Crippen LogP contribution in [0.2, 0.25) is 0 Å². The molecule has 0 radical (unpaired) electrons. The van der Waals surface area contributed by atoms with Crippen LogP contribution in [0.3, 0.4) is 0 Å². The third-order valence-electron chi connectivity index (χ3n) is 3.79. The van der Waals surface area contributed by atoms with E-state index < -0.39 is 5.97 Å². The Morgan fingerprint density at radius 1 is 0.962 bits per heavy atom. The normalized spacial score (nSPS) is 13.9. The molecular formula is C20H32O6. The van der Waals surface area contributed by atoms with Crippen LogP contribution in [-0.2, 0) is 14.6 Å². The standard InChI is InChI=1S/C20H32O6/c1-2-3-9-13-18(25-23)14-10-7-5-4-6-8-11-15-19(26-24)16-12-17-20(21)22/h6,8,11-12,15-18,23-24H,2-5,7,9-10,13-14H2,1H3,(H,21,22). The molecule has 6 heteroatoms. The summed E-state index contributed by atoms with van der Waals surface area (Å²) in [4.78, 5) is 19.0. The van der Waals surface area contributed by atoms with Crippen LogP contribution in [-0.4, -0.2) is 27.7 Å². The molecule has 0 fully saturated rings. The number of carboxylic acids is 1. The summed E-state index contributed by atoms with van der Waals surface area (Å²) in [5, 5.41) is 26.0. The summed E-state index contributed by atoms with van der Waals surface area (Å²) in [5.74, 6) is -0.925. The third kappa shape index (κ3) is 15.6. The van der Waals surface area contributed by atoms with Gasteiger partial charge in [-0.3, -0.25) is 5.26 Å². The maximum atomic E-state index is 10.3. The first-order valence-corrected chi connectivity index (χ1v) is 9.20. The lowest BCUT2D eigenvalue weighted by Crippen LogP contribution is -2.10. The molecule has 0 heterocycles. The van der Waals surface area contributed by atoms with Crippen LogP contribution < -0.4 is 0 Å². The first kappa shape index (κ1) is 24.1. The quantitative estimate of drug-likeness (QED) is 0.0831. The van der Waals surface area contributed by atoms with Gasteiger partial charge in [-0.1, -0.05) is 63.3 Å². The number of aliphatic carboxylic acids is 1. The topological polar surface area (TPSA) is 96.2 Å². The Hall–Kier alpha value is -1.89. The van der Waals surface area contributed by atoms with E-state index in [9.17, 15) is 4.79 Å². The molecule has 1 unspecified atom stereocenters. The highest BCUT2D eigenvalue weighted by atomic mass is 17.1. The molecule has 0 amide bonds. The van der Waals surface area contributed by atoms with E-state index in [1.807, 2.05) is 12.2 Å². The lowest BCUT2D eigenvalue weighted by atomic mass is 10.0. The van der Waals surface area contributed by atoms with E-state index in [4.69, 9.17) is 15.6 Å². The Morgan fingerprint density at radius 2 is 1.69 bits per heavy atom. The van der Waals surface area contributed by atoms with Crippen molar-refractivity contribution in [2.24, 2.45) is 0 Å². The summed E-state index contributed by atoms with van der Waals surface area (Å²) in [7, 11) is 0. The number of hydrogen-bond donors (Lipinski definition) is 3. The van der Waals surface area contributed by atoms with Gasteiger partial charge in [-0.05, 0) is 37.8 Å². The van der Waals surface area contributed by atoms with Gasteiger partial charge in [0.1, 0.15) is 0 Å². The zero-order valence-corrected chi connectivity index (χ0v) is 15.5. The van der Waals surface area contributed by atoms with Gasteiger partial charge in [0.2, 0.25) is 0 Å². The van der Waals surface area contributed by atoms with Gasteiger partial charge in [-0.2, -0.15) is 0 Å². The Bertz CT molecular complexity index is 465. The van der Waals surface area contributed by atoms with E-state index in [1.54, 1.807) is 6.08 Å². The van der Waals surface area contributed by atoms with Crippen molar-refractivity contribution in [3.05, 3.63) is 48.3 Å². The lowest BCUT2D eigenvalue weighted by molar-refractivity contribution is -0.281. The van der Waals surface area contributed by atoms with E-state index in [0.29, 0.717) is 0 Å². The average Bonchev–Trinajstić information content (AvgIpc) is 2.63. The maximum Gasteiger partial charge on any atom is 0.328 e. The van der Waals surface area contributed by atoms with E-state index in [-0.39, 0.29) is 11.9 Å². The molecule has 6 nitrogen and oxygen atoms in total. The van der Waals surface area contributed by atoms with Crippen LogP contribution in [0.15, 0.2) is 48.3 Å². The molecule has 0 spiro atoms. The number of unbranched alkanes of at least 4 members (excludes halogenated alkanes) is 5. The highest BCUT2D eigenvalue weighted by molar-refractivity contribution is 5.80. The summed E-state index contributed by atoms with van der Waals surface area (Å²) in [6.45, 7) is 2.15. The van der Waals surface area contributed by atoms with Gasteiger partial charge < -0.3 is 9.99 Å². The van der Waals surface area contributed by atoms with Crippen LogP contribution in [0.4, 0.5) is 0 Å². The van der Waals surface area contributed by atoms with Crippen LogP contribution in [0.25, 0.3) is 0 Å². The fourth-order valence-corrected chi connectivity index (χ4v) is 2.35. The highest BCUT2D eigenvalue weighted by Gasteiger charge is 2.07. The van der Waals surface area contributed by atoms with E-state index in [2.05, 4.69) is 16.7 Å². The molecule has 148 valence electrons. The molecule has 0 aliphatic heterocycles. The Kier molecular flexibility index (Phi) is 16.6. The molecule has 0 bridgehead atoms. The maximum absolute atomic E-state index is 10.3. The van der Waals surface area contributed by atoms with Crippen molar-refractivity contribution in [2.75, 3.05) is 0 Å². The summed E-state index contributed by atoms with van der Waals surface area (Å²) in [5.41, 5.74) is 0. The minimum absolute atomic E-state index is 0.0427. The van der Waals surface area contributed by atoms with Gasteiger partial charge in [-0.15, -0.1) is 0 Å². The number of allylic oxidation sites excluding steroid dienone is 6. The molecule has 0 aromatic heterocycles. The molecule has 0 saturated heterocycles. The predicted molar refractivity (Wildman–Crippen MR) is 102 cm³/mol. The van der Waals surface area contributed by atoms with Crippen molar-refractivity contribution in [1.82, 2.24) is 0 Å². The van der Waals surface area contributed by atoms with Crippen molar-refractivity contribution >= 4 is 5.97 Å². The molecule has 0 aliphatic carbocycles. The second-order valence-corrected chi connectivity index (χ2v) is 6.01. The zero-order chi connectivity index (χ0) is 19.5. The van der Waals surface area contributed by atoms with Crippen LogP contribution in [0, 0.1) is 0 Å². The molecule has 0 saturated carbocycles. The summed E-state index contributed by atoms with van der Waals surface area (Å²) in [6.07, 6.45) is 19.9. The van der Waals surface area contributed by atoms with Gasteiger partial charge >= 0.3 is 5.97 Å². The average molecular weight is 368 g/mol. The Morgan fingerprint density at radius 3 is 2.31 bits per heavy atom.